The number of allylic oxidation sites excluding steroid dienone is 1. The zero-order chi connectivity index (χ0) is 17.1. The molecule has 4 aromatic rings. The predicted molar refractivity (Wildman–Crippen MR) is 96.9 cm³/mol. The molecule has 0 fully saturated rings. The van der Waals surface area contributed by atoms with Gasteiger partial charge >= 0.3 is 0 Å². The van der Waals surface area contributed by atoms with Crippen molar-refractivity contribution in [2.45, 2.75) is 0 Å². The third-order valence-corrected chi connectivity index (χ3v) is 3.82. The summed E-state index contributed by atoms with van der Waals surface area (Å²) < 4.78 is 5.83. The lowest BCUT2D eigenvalue weighted by atomic mass is 10.0. The summed E-state index contributed by atoms with van der Waals surface area (Å²) in [7, 11) is 0. The van der Waals surface area contributed by atoms with Gasteiger partial charge in [0, 0.05) is 18.0 Å². The van der Waals surface area contributed by atoms with Gasteiger partial charge in [0.25, 0.3) is 0 Å². The average molecular weight is 326 g/mol. The van der Waals surface area contributed by atoms with Crippen molar-refractivity contribution in [3.8, 4) is 0 Å². The van der Waals surface area contributed by atoms with Crippen LogP contribution in [0.4, 0.5) is 0 Å². The van der Waals surface area contributed by atoms with Gasteiger partial charge in [-0.2, -0.15) is 0 Å². The molecular weight excluding hydrogens is 312 g/mol. The molecule has 4 heteroatoms. The number of aromatic nitrogens is 2. The molecule has 0 atom stereocenters. The third-order valence-electron chi connectivity index (χ3n) is 3.82. The second-order valence-corrected chi connectivity index (χ2v) is 5.52. The Morgan fingerprint density at radius 2 is 1.60 bits per heavy atom. The van der Waals surface area contributed by atoms with Crippen molar-refractivity contribution in [2.24, 2.45) is 0 Å². The Bertz CT molecular complexity index is 1020. The van der Waals surface area contributed by atoms with Crippen molar-refractivity contribution in [1.29, 1.82) is 0 Å². The fraction of sp³-hybridized carbons (Fsp3) is 0. The van der Waals surface area contributed by atoms with Gasteiger partial charge in [0.1, 0.15) is 5.52 Å². The summed E-state index contributed by atoms with van der Waals surface area (Å²) in [6.07, 6.45) is 5.15. The first-order valence-corrected chi connectivity index (χ1v) is 7.89. The SMILES string of the molecule is O=C(/C(=C/c1ccncc1)c1nc2ccccc2o1)c1ccccc1. The van der Waals surface area contributed by atoms with Crippen molar-refractivity contribution >= 4 is 28.5 Å². The van der Waals surface area contributed by atoms with Crippen LogP contribution in [0.3, 0.4) is 0 Å². The van der Waals surface area contributed by atoms with Gasteiger partial charge in [0.05, 0.1) is 5.57 Å². The maximum absolute atomic E-state index is 13.0. The van der Waals surface area contributed by atoms with Crippen LogP contribution in [0.2, 0.25) is 0 Å². The highest BCUT2D eigenvalue weighted by Gasteiger charge is 2.19. The van der Waals surface area contributed by atoms with Crippen molar-refractivity contribution in [3.05, 3.63) is 96.1 Å². The number of pyridine rings is 1. The third kappa shape index (κ3) is 3.10. The monoisotopic (exact) mass is 326 g/mol. The van der Waals surface area contributed by atoms with Crippen molar-refractivity contribution in [3.63, 3.8) is 0 Å². The number of benzene rings is 2. The Morgan fingerprint density at radius 3 is 2.36 bits per heavy atom. The van der Waals surface area contributed by atoms with Crippen molar-refractivity contribution < 1.29 is 9.21 Å². The number of carbonyl (C=O) groups excluding carboxylic acids is 1. The summed E-state index contributed by atoms with van der Waals surface area (Å²) in [6.45, 7) is 0. The van der Waals surface area contributed by atoms with E-state index >= 15 is 0 Å². The molecule has 0 bridgehead atoms. The second-order valence-electron chi connectivity index (χ2n) is 5.52. The number of hydrogen-bond acceptors (Lipinski definition) is 4. The number of oxazole rings is 1. The van der Waals surface area contributed by atoms with E-state index in [9.17, 15) is 4.79 Å². The van der Waals surface area contributed by atoms with E-state index in [1.165, 1.54) is 0 Å². The Kier molecular flexibility index (Phi) is 3.92. The fourth-order valence-corrected chi connectivity index (χ4v) is 2.58. The molecule has 2 aromatic heterocycles. The first-order valence-electron chi connectivity index (χ1n) is 7.89. The van der Waals surface area contributed by atoms with Crippen molar-refractivity contribution in [1.82, 2.24) is 9.97 Å². The van der Waals surface area contributed by atoms with Crippen LogP contribution in [0.25, 0.3) is 22.7 Å². The molecule has 4 nitrogen and oxygen atoms in total. The van der Waals surface area contributed by atoms with Gasteiger partial charge in [-0.15, -0.1) is 0 Å². The van der Waals surface area contributed by atoms with E-state index in [1.807, 2.05) is 54.6 Å². The highest BCUT2D eigenvalue weighted by atomic mass is 16.3. The van der Waals surface area contributed by atoms with E-state index in [0.29, 0.717) is 22.6 Å². The first-order chi connectivity index (χ1) is 12.3. The van der Waals surface area contributed by atoms with Gasteiger partial charge in [-0.05, 0) is 35.9 Å². The van der Waals surface area contributed by atoms with Gasteiger partial charge in [-0.25, -0.2) is 4.98 Å². The number of hydrogen-bond donors (Lipinski definition) is 0. The number of ketones is 1. The fourth-order valence-electron chi connectivity index (χ4n) is 2.58. The van der Waals surface area contributed by atoms with Crippen LogP contribution in [0, 0.1) is 0 Å². The zero-order valence-corrected chi connectivity index (χ0v) is 13.3. The summed E-state index contributed by atoms with van der Waals surface area (Å²) in [4.78, 5) is 21.5. The lowest BCUT2D eigenvalue weighted by Crippen LogP contribution is -2.03. The van der Waals surface area contributed by atoms with E-state index < -0.39 is 0 Å². The lowest BCUT2D eigenvalue weighted by Gasteiger charge is -2.03. The molecule has 0 radical (unpaired) electrons. The summed E-state index contributed by atoms with van der Waals surface area (Å²) in [5.74, 6) is 0.177. The van der Waals surface area contributed by atoms with Crippen LogP contribution in [-0.4, -0.2) is 15.8 Å². The molecule has 4 rings (SSSR count). The van der Waals surface area contributed by atoms with Crippen LogP contribution < -0.4 is 0 Å². The number of nitrogens with zero attached hydrogens (tertiary/aromatic N) is 2. The van der Waals surface area contributed by atoms with Crippen LogP contribution in [0.15, 0.2) is 83.5 Å². The van der Waals surface area contributed by atoms with E-state index in [4.69, 9.17) is 4.42 Å². The molecular formula is C21H14N2O2. The molecule has 0 saturated heterocycles. The van der Waals surface area contributed by atoms with E-state index in [0.717, 1.165) is 11.1 Å². The van der Waals surface area contributed by atoms with Gasteiger partial charge < -0.3 is 4.42 Å². The Labute approximate surface area is 144 Å². The van der Waals surface area contributed by atoms with Gasteiger partial charge in [-0.1, -0.05) is 42.5 Å². The molecule has 2 aromatic carbocycles. The largest absolute Gasteiger partial charge is 0.436 e. The number of carbonyl (C=O) groups is 1. The molecule has 25 heavy (non-hydrogen) atoms. The minimum Gasteiger partial charge on any atom is -0.436 e. The average Bonchev–Trinajstić information content (AvgIpc) is 3.11. The summed E-state index contributed by atoms with van der Waals surface area (Å²) in [6, 6.07) is 20.2. The van der Waals surface area contributed by atoms with Crippen molar-refractivity contribution in [2.75, 3.05) is 0 Å². The zero-order valence-electron chi connectivity index (χ0n) is 13.3. The second kappa shape index (κ2) is 6.53. The number of rotatable bonds is 4. The number of Topliss-reactive ketones (excluding diaryl/α,β-unsaturated/α-hetero) is 1. The first kappa shape index (κ1) is 15.0. The van der Waals surface area contributed by atoms with Crippen LogP contribution >= 0.6 is 0 Å². The molecule has 0 aliphatic rings. The maximum atomic E-state index is 13.0. The van der Waals surface area contributed by atoms with E-state index in [-0.39, 0.29) is 5.78 Å². The van der Waals surface area contributed by atoms with Gasteiger partial charge in [-0.3, -0.25) is 9.78 Å². The lowest BCUT2D eigenvalue weighted by molar-refractivity contribution is 0.105. The minimum atomic E-state index is -0.135. The normalized spacial score (nSPS) is 11.6. The Hall–Kier alpha value is -3.53. The molecule has 120 valence electrons. The molecule has 0 unspecified atom stereocenters. The van der Waals surface area contributed by atoms with Crippen LogP contribution in [0.5, 0.6) is 0 Å². The molecule has 0 saturated carbocycles. The van der Waals surface area contributed by atoms with Crippen LogP contribution in [-0.2, 0) is 0 Å². The van der Waals surface area contributed by atoms with E-state index in [1.54, 1.807) is 30.6 Å². The summed E-state index contributed by atoms with van der Waals surface area (Å²) in [5, 5.41) is 0. The van der Waals surface area contributed by atoms with E-state index in [2.05, 4.69) is 9.97 Å². The quantitative estimate of drug-likeness (QED) is 0.405. The predicted octanol–water partition coefficient (Wildman–Crippen LogP) is 4.65. The number of para-hydroxylation sites is 2. The standard InChI is InChI=1S/C21H14N2O2/c24-20(16-6-2-1-3-7-16)17(14-15-10-12-22-13-11-15)21-23-18-8-4-5-9-19(18)25-21/h1-14H/b17-14-. The molecule has 0 spiro atoms. The molecule has 0 amide bonds. The van der Waals surface area contributed by atoms with Gasteiger partial charge in [0.2, 0.25) is 5.89 Å². The molecule has 0 N–H and O–H groups in total. The minimum absolute atomic E-state index is 0.135. The highest BCUT2D eigenvalue weighted by Crippen LogP contribution is 2.26. The molecule has 0 aliphatic carbocycles. The highest BCUT2D eigenvalue weighted by molar-refractivity contribution is 6.31. The smallest absolute Gasteiger partial charge is 0.231 e. The summed E-state index contributed by atoms with van der Waals surface area (Å²) >= 11 is 0. The molecule has 2 heterocycles. The maximum Gasteiger partial charge on any atom is 0.231 e. The Balaban J connectivity index is 1.86. The van der Waals surface area contributed by atoms with Crippen LogP contribution in [0.1, 0.15) is 21.8 Å². The summed E-state index contributed by atoms with van der Waals surface area (Å²) in [5.41, 5.74) is 3.23. The topological polar surface area (TPSA) is 56.0 Å². The Morgan fingerprint density at radius 1 is 0.880 bits per heavy atom. The molecule has 0 aliphatic heterocycles. The number of fused-ring (bicyclic) bond motifs is 1. The van der Waals surface area contributed by atoms with Gasteiger partial charge in [0.15, 0.2) is 11.4 Å².